The maximum absolute atomic E-state index is 12.3. The normalized spacial score (nSPS) is 17.7. The number of rotatable bonds is 4. The van der Waals surface area contributed by atoms with E-state index in [9.17, 15) is 9.59 Å². The van der Waals surface area contributed by atoms with Crippen LogP contribution in [0.4, 0.5) is 0 Å². The van der Waals surface area contributed by atoms with Gasteiger partial charge in [0.1, 0.15) is 5.69 Å². The molecule has 24 heavy (non-hydrogen) atoms. The van der Waals surface area contributed by atoms with Crippen molar-refractivity contribution in [2.75, 3.05) is 13.2 Å². The van der Waals surface area contributed by atoms with E-state index in [4.69, 9.17) is 4.74 Å². The Hall–Kier alpha value is -2.43. The molecule has 1 aromatic carbocycles. The van der Waals surface area contributed by atoms with Crippen molar-refractivity contribution in [3.8, 4) is 0 Å². The van der Waals surface area contributed by atoms with Crippen molar-refractivity contribution < 1.29 is 14.3 Å². The summed E-state index contributed by atoms with van der Waals surface area (Å²) in [4.78, 5) is 30.7. The maximum Gasteiger partial charge on any atom is 0.357 e. The highest BCUT2D eigenvalue weighted by Crippen LogP contribution is 2.19. The van der Waals surface area contributed by atoms with Crippen LogP contribution in [0, 0.1) is 0 Å². The summed E-state index contributed by atoms with van der Waals surface area (Å²) >= 11 is 0. The van der Waals surface area contributed by atoms with Gasteiger partial charge in [0.05, 0.1) is 5.52 Å². The molecule has 0 N–H and O–H groups in total. The molecule has 0 aliphatic carbocycles. The number of aromatic nitrogens is 1. The zero-order valence-electron chi connectivity index (χ0n) is 13.9. The second kappa shape index (κ2) is 7.43. The lowest BCUT2D eigenvalue weighted by Crippen LogP contribution is -2.45. The minimum atomic E-state index is -0.556. The maximum atomic E-state index is 12.3. The fourth-order valence-electron chi connectivity index (χ4n) is 3.22. The van der Waals surface area contributed by atoms with Gasteiger partial charge in [0.15, 0.2) is 6.61 Å². The summed E-state index contributed by atoms with van der Waals surface area (Å²) in [7, 11) is 0. The van der Waals surface area contributed by atoms with Gasteiger partial charge in [-0.05, 0) is 37.8 Å². The second-order valence-electron chi connectivity index (χ2n) is 6.11. The number of hydrogen-bond acceptors (Lipinski definition) is 4. The second-order valence-corrected chi connectivity index (χ2v) is 6.11. The van der Waals surface area contributed by atoms with E-state index in [-0.39, 0.29) is 24.2 Å². The quantitative estimate of drug-likeness (QED) is 0.810. The SMILES string of the molecule is CCC1CCCCN1C(=O)COC(=O)c1ccc2ccccc2n1. The van der Waals surface area contributed by atoms with Crippen molar-refractivity contribution >= 4 is 22.8 Å². The van der Waals surface area contributed by atoms with E-state index in [2.05, 4.69) is 11.9 Å². The number of carbonyl (C=O) groups excluding carboxylic acids is 2. The van der Waals surface area contributed by atoms with Crippen LogP contribution in [0.3, 0.4) is 0 Å². The van der Waals surface area contributed by atoms with Crippen molar-refractivity contribution in [1.82, 2.24) is 9.88 Å². The molecule has 126 valence electrons. The van der Waals surface area contributed by atoms with Gasteiger partial charge in [-0.25, -0.2) is 9.78 Å². The predicted molar refractivity (Wildman–Crippen MR) is 91.7 cm³/mol. The van der Waals surface area contributed by atoms with Crippen LogP contribution in [-0.4, -0.2) is 41.0 Å². The number of fused-ring (bicyclic) bond motifs is 1. The van der Waals surface area contributed by atoms with E-state index in [0.29, 0.717) is 0 Å². The average molecular weight is 326 g/mol. The van der Waals surface area contributed by atoms with E-state index in [0.717, 1.165) is 43.1 Å². The van der Waals surface area contributed by atoms with Crippen molar-refractivity contribution in [3.63, 3.8) is 0 Å². The Kier molecular flexibility index (Phi) is 5.08. The largest absolute Gasteiger partial charge is 0.451 e. The number of para-hydroxylation sites is 1. The standard InChI is InChI=1S/C19H22N2O3/c1-2-15-8-5-6-12-21(15)18(22)13-24-19(23)17-11-10-14-7-3-4-9-16(14)20-17/h3-4,7,9-11,15H,2,5-6,8,12-13H2,1H3. The zero-order valence-corrected chi connectivity index (χ0v) is 13.9. The Morgan fingerprint density at radius 1 is 1.21 bits per heavy atom. The summed E-state index contributed by atoms with van der Waals surface area (Å²) < 4.78 is 5.19. The number of hydrogen-bond donors (Lipinski definition) is 0. The predicted octanol–water partition coefficient (Wildman–Crippen LogP) is 3.18. The molecule has 1 aliphatic rings. The van der Waals surface area contributed by atoms with Gasteiger partial charge in [0.25, 0.3) is 5.91 Å². The third-order valence-corrected chi connectivity index (χ3v) is 4.55. The van der Waals surface area contributed by atoms with Gasteiger partial charge in [-0.15, -0.1) is 0 Å². The number of likely N-dealkylation sites (tertiary alicyclic amines) is 1. The highest BCUT2D eigenvalue weighted by Gasteiger charge is 2.26. The summed E-state index contributed by atoms with van der Waals surface area (Å²) in [5, 5.41) is 0.962. The minimum Gasteiger partial charge on any atom is -0.451 e. The molecule has 1 amide bonds. The highest BCUT2D eigenvalue weighted by molar-refractivity contribution is 5.92. The molecule has 1 unspecified atom stereocenters. The molecule has 5 nitrogen and oxygen atoms in total. The summed E-state index contributed by atoms with van der Waals surface area (Å²) in [6.07, 6.45) is 4.14. The van der Waals surface area contributed by atoms with E-state index in [1.807, 2.05) is 35.2 Å². The number of amides is 1. The molecule has 0 saturated carbocycles. The number of ether oxygens (including phenoxy) is 1. The van der Waals surface area contributed by atoms with Crippen LogP contribution in [0.5, 0.6) is 0 Å². The van der Waals surface area contributed by atoms with Crippen LogP contribution < -0.4 is 0 Å². The summed E-state index contributed by atoms with van der Waals surface area (Å²) in [6.45, 7) is 2.62. The molecule has 0 spiro atoms. The van der Waals surface area contributed by atoms with E-state index in [1.165, 1.54) is 0 Å². The first kappa shape index (κ1) is 16.4. The molecule has 1 saturated heterocycles. The topological polar surface area (TPSA) is 59.5 Å². The average Bonchev–Trinajstić information content (AvgIpc) is 2.65. The number of nitrogens with zero attached hydrogens (tertiary/aromatic N) is 2. The number of carbonyl (C=O) groups is 2. The van der Waals surface area contributed by atoms with Crippen molar-refractivity contribution in [2.24, 2.45) is 0 Å². The van der Waals surface area contributed by atoms with Gasteiger partial charge in [0, 0.05) is 18.0 Å². The summed E-state index contributed by atoms with van der Waals surface area (Å²) in [5.41, 5.74) is 0.965. The van der Waals surface area contributed by atoms with Crippen LogP contribution in [-0.2, 0) is 9.53 Å². The van der Waals surface area contributed by atoms with E-state index >= 15 is 0 Å². The van der Waals surface area contributed by atoms with Gasteiger partial charge in [0.2, 0.25) is 0 Å². The Morgan fingerprint density at radius 3 is 2.88 bits per heavy atom. The van der Waals surface area contributed by atoms with Crippen LogP contribution in [0.25, 0.3) is 10.9 Å². The molecule has 2 heterocycles. The van der Waals surface area contributed by atoms with Crippen molar-refractivity contribution in [1.29, 1.82) is 0 Å². The van der Waals surface area contributed by atoms with Crippen LogP contribution in [0.15, 0.2) is 36.4 Å². The van der Waals surface area contributed by atoms with E-state index in [1.54, 1.807) is 6.07 Å². The summed E-state index contributed by atoms with van der Waals surface area (Å²) in [5.74, 6) is -0.671. The first-order valence-electron chi connectivity index (χ1n) is 8.51. The minimum absolute atomic E-state index is 0.115. The molecule has 1 aromatic heterocycles. The van der Waals surface area contributed by atoms with Crippen LogP contribution >= 0.6 is 0 Å². The molecule has 5 heteroatoms. The van der Waals surface area contributed by atoms with E-state index < -0.39 is 5.97 Å². The lowest BCUT2D eigenvalue weighted by atomic mass is 10.00. The Morgan fingerprint density at radius 2 is 2.04 bits per heavy atom. The molecule has 1 fully saturated rings. The third kappa shape index (κ3) is 3.55. The lowest BCUT2D eigenvalue weighted by Gasteiger charge is -2.35. The third-order valence-electron chi connectivity index (χ3n) is 4.55. The zero-order chi connectivity index (χ0) is 16.9. The monoisotopic (exact) mass is 326 g/mol. The van der Waals surface area contributed by atoms with Crippen LogP contribution in [0.1, 0.15) is 43.1 Å². The fraction of sp³-hybridized carbons (Fsp3) is 0.421. The molecule has 3 rings (SSSR count). The Balaban J connectivity index is 1.62. The molecule has 0 bridgehead atoms. The number of piperidine rings is 1. The van der Waals surface area contributed by atoms with Gasteiger partial charge >= 0.3 is 5.97 Å². The molecule has 0 radical (unpaired) electrons. The van der Waals surface area contributed by atoms with Crippen LogP contribution in [0.2, 0.25) is 0 Å². The van der Waals surface area contributed by atoms with Gasteiger partial charge in [-0.1, -0.05) is 31.2 Å². The van der Waals surface area contributed by atoms with Crippen molar-refractivity contribution in [2.45, 2.75) is 38.6 Å². The molecular weight excluding hydrogens is 304 g/mol. The highest BCUT2D eigenvalue weighted by atomic mass is 16.5. The number of pyridine rings is 1. The van der Waals surface area contributed by atoms with Gasteiger partial charge in [-0.2, -0.15) is 0 Å². The lowest BCUT2D eigenvalue weighted by molar-refractivity contribution is -0.138. The number of benzene rings is 1. The Bertz CT molecular complexity index is 744. The summed E-state index contributed by atoms with van der Waals surface area (Å²) in [6, 6.07) is 11.3. The van der Waals surface area contributed by atoms with Crippen molar-refractivity contribution in [3.05, 3.63) is 42.1 Å². The first-order chi connectivity index (χ1) is 11.7. The smallest absolute Gasteiger partial charge is 0.357 e. The van der Waals surface area contributed by atoms with Gasteiger partial charge in [-0.3, -0.25) is 4.79 Å². The van der Waals surface area contributed by atoms with Gasteiger partial charge < -0.3 is 9.64 Å². The fourth-order valence-corrected chi connectivity index (χ4v) is 3.22. The Labute approximate surface area is 141 Å². The molecule has 1 aliphatic heterocycles. The molecule has 2 aromatic rings. The molecule has 1 atom stereocenters. The number of esters is 1. The first-order valence-corrected chi connectivity index (χ1v) is 8.51. The molecular formula is C19H22N2O3.